The second-order valence-electron chi connectivity index (χ2n) is 8.20. The fraction of sp³-hybridized carbons (Fsp3) is 0.381. The van der Waals surface area contributed by atoms with E-state index in [2.05, 4.69) is 5.32 Å². The van der Waals surface area contributed by atoms with E-state index < -0.39 is 61.2 Å². The number of fused-ring (bicyclic) bond motifs is 1. The minimum Gasteiger partial charge on any atom is -0.485 e. The number of nitrogens with one attached hydrogen (secondary N) is 1. The summed E-state index contributed by atoms with van der Waals surface area (Å²) in [6, 6.07) is 6.80. The van der Waals surface area contributed by atoms with Crippen LogP contribution in [0.3, 0.4) is 0 Å². The zero-order valence-electron chi connectivity index (χ0n) is 19.0. The van der Waals surface area contributed by atoms with Gasteiger partial charge in [-0.3, -0.25) is 9.62 Å². The largest absolute Gasteiger partial charge is 0.485 e. The van der Waals surface area contributed by atoms with Crippen LogP contribution in [0.25, 0.3) is 0 Å². The number of carbonyl (C=O) groups is 1. The Balaban J connectivity index is 1.74. The Kier molecular flexibility index (Phi) is 7.29. The van der Waals surface area contributed by atoms with Crippen LogP contribution in [0.1, 0.15) is 5.56 Å². The van der Waals surface area contributed by atoms with Crippen molar-refractivity contribution < 1.29 is 49.4 Å². The van der Waals surface area contributed by atoms with Gasteiger partial charge in [0.05, 0.1) is 35.9 Å². The molecule has 2 aliphatic rings. The molecule has 1 atom stereocenters. The van der Waals surface area contributed by atoms with Crippen LogP contribution in [0.2, 0.25) is 0 Å². The number of hydrogen-bond donors (Lipinski definition) is 2. The number of hydrogen-bond acceptors (Lipinski definition) is 7. The maximum atomic E-state index is 13.6. The van der Waals surface area contributed by atoms with Gasteiger partial charge in [-0.1, -0.05) is 6.07 Å². The lowest BCUT2D eigenvalue weighted by molar-refractivity contribution is -0.137. The molecule has 2 aromatic carbocycles. The second-order valence-corrected chi connectivity index (χ2v) is 12.1. The minimum atomic E-state index is -4.80. The van der Waals surface area contributed by atoms with Gasteiger partial charge >= 0.3 is 12.3 Å². The summed E-state index contributed by atoms with van der Waals surface area (Å²) >= 11 is 0. The van der Waals surface area contributed by atoms with Gasteiger partial charge in [0.2, 0.25) is 10.0 Å². The topological polar surface area (TPSA) is 143 Å². The van der Waals surface area contributed by atoms with Gasteiger partial charge in [-0.25, -0.2) is 21.6 Å². The first kappa shape index (κ1) is 27.0. The Morgan fingerprint density at radius 3 is 2.43 bits per heavy atom. The molecule has 2 N–H and O–H groups in total. The number of morpholine rings is 1. The molecule has 1 saturated heterocycles. The highest BCUT2D eigenvalue weighted by molar-refractivity contribution is 7.93. The first-order valence-corrected chi connectivity index (χ1v) is 13.9. The van der Waals surface area contributed by atoms with Gasteiger partial charge in [0.1, 0.15) is 17.6 Å². The third-order valence-corrected chi connectivity index (χ3v) is 9.37. The fourth-order valence-corrected chi connectivity index (χ4v) is 7.06. The van der Waals surface area contributed by atoms with Crippen molar-refractivity contribution in [1.29, 1.82) is 0 Å². The van der Waals surface area contributed by atoms with Gasteiger partial charge in [-0.2, -0.15) is 17.5 Å². The molecular formula is C21H22F3N3O8S2. The molecule has 0 aliphatic carbocycles. The molecule has 37 heavy (non-hydrogen) atoms. The van der Waals surface area contributed by atoms with Crippen molar-refractivity contribution in [2.24, 2.45) is 0 Å². The number of nitrogens with zero attached hydrogens (tertiary/aromatic N) is 2. The van der Waals surface area contributed by atoms with Crippen LogP contribution >= 0.6 is 0 Å². The Morgan fingerprint density at radius 2 is 1.78 bits per heavy atom. The molecule has 202 valence electrons. The molecule has 1 amide bonds. The van der Waals surface area contributed by atoms with Gasteiger partial charge < -0.3 is 14.6 Å². The molecule has 0 spiro atoms. The van der Waals surface area contributed by atoms with E-state index in [0.717, 1.165) is 28.6 Å². The van der Waals surface area contributed by atoms with Crippen LogP contribution in [-0.2, 0) is 31.0 Å². The number of amides is 1. The van der Waals surface area contributed by atoms with E-state index in [-0.39, 0.29) is 43.4 Å². The van der Waals surface area contributed by atoms with Gasteiger partial charge in [0, 0.05) is 18.8 Å². The first-order chi connectivity index (χ1) is 17.3. The van der Waals surface area contributed by atoms with E-state index in [4.69, 9.17) is 14.6 Å². The van der Waals surface area contributed by atoms with Crippen molar-refractivity contribution in [1.82, 2.24) is 4.31 Å². The predicted molar refractivity (Wildman–Crippen MR) is 125 cm³/mol. The lowest BCUT2D eigenvalue weighted by atomic mass is 10.2. The predicted octanol–water partition coefficient (Wildman–Crippen LogP) is 2.41. The molecule has 2 heterocycles. The minimum absolute atomic E-state index is 0.0292. The van der Waals surface area contributed by atoms with Crippen molar-refractivity contribution in [3.8, 4) is 5.75 Å². The molecule has 4 rings (SSSR count). The molecule has 2 aromatic rings. The highest BCUT2D eigenvalue weighted by atomic mass is 32.2. The Morgan fingerprint density at radius 1 is 1.08 bits per heavy atom. The van der Waals surface area contributed by atoms with Crippen LogP contribution in [0.5, 0.6) is 5.75 Å². The van der Waals surface area contributed by atoms with Gasteiger partial charge in [-0.05, 0) is 36.4 Å². The summed E-state index contributed by atoms with van der Waals surface area (Å²) in [5.41, 5.74) is -1.38. The monoisotopic (exact) mass is 565 g/mol. The standard InChI is InChI=1S/C21H22F3N3O8S2/c22-21(23,24)14-2-1-3-17(10-14)37(32,33)27-12-16(13-36(30,31)26-6-8-34-9-7-26)35-19-5-4-15(11-18(19)27)25-20(28)29/h1-5,10-11,16,25H,6-9,12-13H2,(H,28,29). The average molecular weight is 566 g/mol. The van der Waals surface area contributed by atoms with Crippen LogP contribution in [0, 0.1) is 0 Å². The fourth-order valence-electron chi connectivity index (χ4n) is 3.95. The number of ether oxygens (including phenoxy) is 2. The third kappa shape index (κ3) is 5.92. The van der Waals surface area contributed by atoms with E-state index in [1.807, 2.05) is 0 Å². The van der Waals surface area contributed by atoms with E-state index in [9.17, 15) is 34.8 Å². The molecule has 1 fully saturated rings. The Labute approximate surface area is 210 Å². The number of rotatable bonds is 6. The zero-order chi connectivity index (χ0) is 27.0. The summed E-state index contributed by atoms with van der Waals surface area (Å²) in [4.78, 5) is 10.4. The van der Waals surface area contributed by atoms with Crippen molar-refractivity contribution >= 4 is 37.5 Å². The van der Waals surface area contributed by atoms with Crippen molar-refractivity contribution in [3.63, 3.8) is 0 Å². The number of anilines is 2. The summed E-state index contributed by atoms with van der Waals surface area (Å²) in [5, 5.41) is 11.1. The second kappa shape index (κ2) is 10.00. The maximum Gasteiger partial charge on any atom is 0.416 e. The van der Waals surface area contributed by atoms with Gasteiger partial charge in [0.15, 0.2) is 0 Å². The lowest BCUT2D eigenvalue weighted by Gasteiger charge is -2.36. The van der Waals surface area contributed by atoms with E-state index in [1.165, 1.54) is 16.4 Å². The number of sulfonamides is 2. The van der Waals surface area contributed by atoms with Crippen LogP contribution in [-0.4, -0.2) is 77.0 Å². The van der Waals surface area contributed by atoms with Crippen molar-refractivity contribution in [2.75, 3.05) is 48.2 Å². The molecule has 1 unspecified atom stereocenters. The molecule has 0 saturated carbocycles. The van der Waals surface area contributed by atoms with E-state index in [0.29, 0.717) is 6.07 Å². The molecule has 11 nitrogen and oxygen atoms in total. The smallest absolute Gasteiger partial charge is 0.416 e. The molecule has 0 aromatic heterocycles. The molecule has 2 aliphatic heterocycles. The number of alkyl halides is 3. The quantitative estimate of drug-likeness (QED) is 0.544. The highest BCUT2D eigenvalue weighted by Crippen LogP contribution is 2.40. The molecule has 16 heteroatoms. The summed E-state index contributed by atoms with van der Waals surface area (Å²) in [6.45, 7) is 0.0713. The molecule has 0 radical (unpaired) electrons. The maximum absolute atomic E-state index is 13.6. The molecular weight excluding hydrogens is 543 g/mol. The van der Waals surface area contributed by atoms with Crippen LogP contribution in [0.4, 0.5) is 29.3 Å². The summed E-state index contributed by atoms with van der Waals surface area (Å²) < 4.78 is 106. The number of carboxylic acid groups (broad SMARTS) is 1. The number of halogens is 3. The summed E-state index contributed by atoms with van der Waals surface area (Å²) in [6.07, 6.45) is -7.44. The van der Waals surface area contributed by atoms with Crippen molar-refractivity contribution in [3.05, 3.63) is 48.0 Å². The van der Waals surface area contributed by atoms with Gasteiger partial charge in [0.25, 0.3) is 10.0 Å². The van der Waals surface area contributed by atoms with E-state index >= 15 is 0 Å². The van der Waals surface area contributed by atoms with E-state index in [1.54, 1.807) is 0 Å². The first-order valence-electron chi connectivity index (χ1n) is 10.8. The van der Waals surface area contributed by atoms with Gasteiger partial charge in [-0.15, -0.1) is 0 Å². The zero-order valence-corrected chi connectivity index (χ0v) is 20.6. The highest BCUT2D eigenvalue weighted by Gasteiger charge is 2.39. The average Bonchev–Trinajstić information content (AvgIpc) is 2.83. The third-order valence-electron chi connectivity index (χ3n) is 5.65. The molecule has 0 bridgehead atoms. The normalized spacial score (nSPS) is 19.1. The SMILES string of the molecule is O=C(O)Nc1ccc2c(c1)N(S(=O)(=O)c1cccc(C(F)(F)F)c1)CC(CS(=O)(=O)N1CCOCC1)O2. The Hall–Kier alpha value is -3.08. The summed E-state index contributed by atoms with van der Waals surface area (Å²) in [7, 11) is -8.57. The van der Waals surface area contributed by atoms with Crippen LogP contribution < -0.4 is 14.4 Å². The lowest BCUT2D eigenvalue weighted by Crippen LogP contribution is -2.50. The Bertz CT molecular complexity index is 1390. The van der Waals surface area contributed by atoms with Crippen molar-refractivity contribution in [2.45, 2.75) is 17.2 Å². The number of benzene rings is 2. The summed E-state index contributed by atoms with van der Waals surface area (Å²) in [5.74, 6) is -0.684. The van der Waals surface area contributed by atoms with Crippen LogP contribution in [0.15, 0.2) is 47.4 Å².